The van der Waals surface area contributed by atoms with Crippen LogP contribution >= 0.6 is 15.9 Å². The summed E-state index contributed by atoms with van der Waals surface area (Å²) in [4.78, 5) is 29.3. The van der Waals surface area contributed by atoms with Crippen molar-refractivity contribution in [3.8, 4) is 5.75 Å². The van der Waals surface area contributed by atoms with E-state index >= 15 is 0 Å². The second-order valence-electron chi connectivity index (χ2n) is 9.64. The van der Waals surface area contributed by atoms with E-state index < -0.39 is 28.5 Å². The minimum atomic E-state index is -3.85. The van der Waals surface area contributed by atoms with Crippen LogP contribution in [0.1, 0.15) is 31.4 Å². The number of nitrogens with zero attached hydrogens (tertiary/aromatic N) is 2. The summed E-state index contributed by atoms with van der Waals surface area (Å²) in [6, 6.07) is 22.5. The van der Waals surface area contributed by atoms with Gasteiger partial charge in [0.2, 0.25) is 21.8 Å². The smallest absolute Gasteiger partial charge is 0.244 e. The number of sulfonamides is 1. The van der Waals surface area contributed by atoms with E-state index in [4.69, 9.17) is 4.74 Å². The van der Waals surface area contributed by atoms with Gasteiger partial charge in [-0.15, -0.1) is 0 Å². The van der Waals surface area contributed by atoms with Crippen LogP contribution in [-0.2, 0) is 32.6 Å². The summed E-state index contributed by atoms with van der Waals surface area (Å²) in [6.45, 7) is 3.52. The third-order valence-corrected chi connectivity index (χ3v) is 8.23. The van der Waals surface area contributed by atoms with Crippen molar-refractivity contribution in [2.24, 2.45) is 0 Å². The first-order valence-corrected chi connectivity index (χ1v) is 15.7. The number of ether oxygens (including phenoxy) is 1. The Hall–Kier alpha value is -3.37. The molecular formula is C30H36BrN3O5S. The minimum Gasteiger partial charge on any atom is -0.497 e. The molecule has 0 aromatic heterocycles. The van der Waals surface area contributed by atoms with Crippen molar-refractivity contribution in [1.82, 2.24) is 10.2 Å². The zero-order valence-electron chi connectivity index (χ0n) is 23.2. The molecule has 40 heavy (non-hydrogen) atoms. The highest BCUT2D eigenvalue weighted by atomic mass is 79.9. The lowest BCUT2D eigenvalue weighted by Crippen LogP contribution is -2.54. The molecule has 2 amide bonds. The number of halogens is 1. The number of rotatable bonds is 13. The predicted octanol–water partition coefficient (Wildman–Crippen LogP) is 4.78. The lowest BCUT2D eigenvalue weighted by molar-refractivity contribution is -0.140. The van der Waals surface area contributed by atoms with Gasteiger partial charge in [-0.05, 0) is 48.7 Å². The molecule has 0 aliphatic rings. The molecule has 0 aliphatic heterocycles. The van der Waals surface area contributed by atoms with Crippen molar-refractivity contribution in [3.63, 3.8) is 0 Å². The van der Waals surface area contributed by atoms with Crippen LogP contribution in [0, 0.1) is 0 Å². The Balaban J connectivity index is 2.06. The van der Waals surface area contributed by atoms with Crippen LogP contribution in [0.3, 0.4) is 0 Å². The number of hydrogen-bond acceptors (Lipinski definition) is 5. The highest BCUT2D eigenvalue weighted by Crippen LogP contribution is 2.24. The number of anilines is 1. The van der Waals surface area contributed by atoms with Gasteiger partial charge in [0.05, 0.1) is 19.1 Å². The van der Waals surface area contributed by atoms with Crippen LogP contribution in [0.4, 0.5) is 5.69 Å². The van der Waals surface area contributed by atoms with E-state index in [2.05, 4.69) is 21.2 Å². The SMILES string of the molecule is CC[C@H](C)NC(=O)[C@@H](Cc1ccccc1)N(Cc1ccc(Br)cc1)C(=O)CN(c1cccc(OC)c1)S(C)(=O)=O. The number of benzene rings is 3. The number of amides is 2. The Bertz CT molecular complexity index is 1380. The van der Waals surface area contributed by atoms with Crippen molar-refractivity contribution in [3.05, 3.63) is 94.5 Å². The van der Waals surface area contributed by atoms with Gasteiger partial charge in [-0.25, -0.2) is 8.42 Å². The molecule has 1 N–H and O–H groups in total. The molecule has 0 spiro atoms. The molecule has 2 atom stereocenters. The van der Waals surface area contributed by atoms with Gasteiger partial charge < -0.3 is 15.0 Å². The molecule has 0 bridgehead atoms. The fourth-order valence-corrected chi connectivity index (χ4v) is 5.27. The van der Waals surface area contributed by atoms with Crippen molar-refractivity contribution in [2.75, 3.05) is 24.2 Å². The molecule has 0 unspecified atom stereocenters. The van der Waals surface area contributed by atoms with Gasteiger partial charge >= 0.3 is 0 Å². The standard InChI is InChI=1S/C30H36BrN3O5S/c1-5-22(2)32-30(36)28(18-23-10-7-6-8-11-23)33(20-24-14-16-25(31)17-15-24)29(35)21-34(40(4,37)38)26-12-9-13-27(19-26)39-3/h6-17,19,22,28H,5,18,20-21H2,1-4H3,(H,32,36)/t22-,28+/m0/s1. The third-order valence-electron chi connectivity index (χ3n) is 6.56. The molecule has 0 saturated carbocycles. The molecular weight excluding hydrogens is 594 g/mol. The van der Waals surface area contributed by atoms with Crippen molar-refractivity contribution < 1.29 is 22.7 Å². The number of nitrogens with one attached hydrogen (secondary N) is 1. The van der Waals surface area contributed by atoms with Gasteiger partial charge in [-0.3, -0.25) is 13.9 Å². The van der Waals surface area contributed by atoms with Gasteiger partial charge in [-0.1, -0.05) is 71.4 Å². The van der Waals surface area contributed by atoms with Crippen LogP contribution < -0.4 is 14.4 Å². The van der Waals surface area contributed by atoms with Crippen LogP contribution in [0.2, 0.25) is 0 Å². The van der Waals surface area contributed by atoms with E-state index in [1.165, 1.54) is 12.0 Å². The van der Waals surface area contributed by atoms with E-state index in [0.29, 0.717) is 11.4 Å². The lowest BCUT2D eigenvalue weighted by atomic mass is 10.0. The van der Waals surface area contributed by atoms with Gasteiger partial charge in [0.25, 0.3) is 0 Å². The summed E-state index contributed by atoms with van der Waals surface area (Å²) in [5, 5.41) is 3.02. The largest absolute Gasteiger partial charge is 0.497 e. The minimum absolute atomic E-state index is 0.0975. The summed E-state index contributed by atoms with van der Waals surface area (Å²) in [6.07, 6.45) is 2.04. The average Bonchev–Trinajstić information content (AvgIpc) is 2.94. The van der Waals surface area contributed by atoms with Crippen molar-refractivity contribution in [2.45, 2.75) is 45.3 Å². The molecule has 0 radical (unpaired) electrons. The van der Waals surface area contributed by atoms with Crippen LogP contribution in [0.15, 0.2) is 83.3 Å². The van der Waals surface area contributed by atoms with E-state index in [9.17, 15) is 18.0 Å². The lowest BCUT2D eigenvalue weighted by Gasteiger charge is -2.34. The Labute approximate surface area is 245 Å². The van der Waals surface area contributed by atoms with Crippen LogP contribution in [0.5, 0.6) is 5.75 Å². The first kappa shape index (κ1) is 31.2. The molecule has 3 rings (SSSR count). The highest BCUT2D eigenvalue weighted by Gasteiger charge is 2.33. The Morgan fingerprint density at radius 2 is 1.65 bits per heavy atom. The Morgan fingerprint density at radius 3 is 2.25 bits per heavy atom. The fraction of sp³-hybridized carbons (Fsp3) is 0.333. The van der Waals surface area contributed by atoms with Crippen LogP contribution in [-0.4, -0.2) is 57.1 Å². The molecule has 8 nitrogen and oxygen atoms in total. The zero-order valence-corrected chi connectivity index (χ0v) is 25.6. The van der Waals surface area contributed by atoms with Crippen LogP contribution in [0.25, 0.3) is 0 Å². The Morgan fingerprint density at radius 1 is 0.975 bits per heavy atom. The summed E-state index contributed by atoms with van der Waals surface area (Å²) >= 11 is 3.44. The first-order chi connectivity index (χ1) is 19.0. The maximum atomic E-state index is 14.1. The number of carbonyl (C=O) groups excluding carboxylic acids is 2. The molecule has 0 saturated heterocycles. The molecule has 10 heteroatoms. The highest BCUT2D eigenvalue weighted by molar-refractivity contribution is 9.10. The Kier molecular flexibility index (Phi) is 11.2. The zero-order chi connectivity index (χ0) is 29.3. The van der Waals surface area contributed by atoms with E-state index in [1.807, 2.05) is 68.4 Å². The predicted molar refractivity (Wildman–Crippen MR) is 162 cm³/mol. The molecule has 214 valence electrons. The van der Waals surface area contributed by atoms with E-state index in [0.717, 1.165) is 32.6 Å². The maximum Gasteiger partial charge on any atom is 0.244 e. The second-order valence-corrected chi connectivity index (χ2v) is 12.5. The van der Waals surface area contributed by atoms with Crippen molar-refractivity contribution >= 4 is 43.5 Å². The van der Waals surface area contributed by atoms with Gasteiger partial charge in [0, 0.05) is 29.5 Å². The topological polar surface area (TPSA) is 96.0 Å². The fourth-order valence-electron chi connectivity index (χ4n) is 4.16. The van der Waals surface area contributed by atoms with Gasteiger partial charge in [-0.2, -0.15) is 0 Å². The quantitative estimate of drug-likeness (QED) is 0.294. The second kappa shape index (κ2) is 14.3. The van der Waals surface area contributed by atoms with Gasteiger partial charge in [0.1, 0.15) is 18.3 Å². The summed E-state index contributed by atoms with van der Waals surface area (Å²) in [5.41, 5.74) is 1.98. The number of carbonyl (C=O) groups is 2. The van der Waals surface area contributed by atoms with E-state index in [1.54, 1.807) is 24.3 Å². The maximum absolute atomic E-state index is 14.1. The molecule has 0 aliphatic carbocycles. The monoisotopic (exact) mass is 629 g/mol. The van der Waals surface area contributed by atoms with Crippen molar-refractivity contribution in [1.29, 1.82) is 0 Å². The molecule has 0 fully saturated rings. The summed E-state index contributed by atoms with van der Waals surface area (Å²) in [5.74, 6) is -0.340. The molecule has 3 aromatic carbocycles. The average molecular weight is 631 g/mol. The first-order valence-electron chi connectivity index (χ1n) is 13.0. The third kappa shape index (κ3) is 8.82. The summed E-state index contributed by atoms with van der Waals surface area (Å²) in [7, 11) is -2.37. The molecule has 3 aromatic rings. The van der Waals surface area contributed by atoms with E-state index in [-0.39, 0.29) is 24.9 Å². The normalized spacial score (nSPS) is 12.7. The molecule has 0 heterocycles. The number of hydrogen-bond donors (Lipinski definition) is 1. The summed E-state index contributed by atoms with van der Waals surface area (Å²) < 4.78 is 33.0. The van der Waals surface area contributed by atoms with Gasteiger partial charge in [0.15, 0.2) is 0 Å². The number of methoxy groups -OCH3 is 1.